The number of carbonyl (C=O) groups excluding carboxylic acids is 1. The summed E-state index contributed by atoms with van der Waals surface area (Å²) in [5, 5.41) is 6.15. The third kappa shape index (κ3) is 6.54. The highest BCUT2D eigenvalue weighted by atomic mass is 35.5. The molecule has 0 radical (unpaired) electrons. The van der Waals surface area contributed by atoms with Crippen molar-refractivity contribution in [2.45, 2.75) is 36.9 Å². The van der Waals surface area contributed by atoms with Crippen LogP contribution in [-0.4, -0.2) is 28.4 Å². The highest BCUT2D eigenvalue weighted by Crippen LogP contribution is 2.38. The van der Waals surface area contributed by atoms with E-state index in [1.54, 1.807) is 16.7 Å². The topological polar surface area (TPSA) is 58.4 Å². The number of pyridine rings is 1. The number of anilines is 1. The third-order valence-electron chi connectivity index (χ3n) is 6.71. The number of hydrogen-bond acceptors (Lipinski definition) is 5. The lowest BCUT2D eigenvalue weighted by atomic mass is 10.0. The number of aryl methyl sites for hydroxylation is 2. The number of aromatic nitrogens is 1. The van der Waals surface area contributed by atoms with Gasteiger partial charge in [-0.3, -0.25) is 0 Å². The average molecular weight is 623 g/mol. The molecule has 0 spiro atoms. The molecule has 0 atom stereocenters. The fourth-order valence-corrected chi connectivity index (χ4v) is 6.36. The number of nitrogens with one attached hydrogen (secondary N) is 1. The number of carbonyl (C=O) groups is 1. The lowest BCUT2D eigenvalue weighted by molar-refractivity contribution is 0.202. The molecule has 5 nitrogen and oxygen atoms in total. The van der Waals surface area contributed by atoms with Crippen LogP contribution in [0.25, 0.3) is 22.1 Å². The summed E-state index contributed by atoms with van der Waals surface area (Å²) in [5.41, 5.74) is 6.20. The van der Waals surface area contributed by atoms with E-state index in [-0.39, 0.29) is 19.1 Å². The summed E-state index contributed by atoms with van der Waals surface area (Å²) in [6, 6.07) is 23.0. The molecule has 210 valence electrons. The Labute approximate surface area is 258 Å². The maximum absolute atomic E-state index is 14.1. The molecule has 5 rings (SSSR count). The van der Waals surface area contributed by atoms with E-state index in [0.717, 1.165) is 48.8 Å². The second-order valence-electron chi connectivity index (χ2n) is 9.63. The van der Waals surface area contributed by atoms with Gasteiger partial charge in [-0.2, -0.15) is 0 Å². The van der Waals surface area contributed by atoms with Crippen molar-refractivity contribution in [2.24, 2.45) is 0 Å². The number of urea groups is 1. The molecule has 3 aromatic carbocycles. The summed E-state index contributed by atoms with van der Waals surface area (Å²) in [7, 11) is 0. The van der Waals surface area contributed by atoms with Crippen molar-refractivity contribution in [3.8, 4) is 11.1 Å². The zero-order valence-corrected chi connectivity index (χ0v) is 26.3. The van der Waals surface area contributed by atoms with Crippen molar-refractivity contribution in [3.63, 3.8) is 0 Å². The van der Waals surface area contributed by atoms with Gasteiger partial charge in [0.2, 0.25) is 0 Å². The van der Waals surface area contributed by atoms with E-state index in [4.69, 9.17) is 27.6 Å². The van der Waals surface area contributed by atoms with Gasteiger partial charge in [-0.1, -0.05) is 65.2 Å². The van der Waals surface area contributed by atoms with Crippen molar-refractivity contribution in [1.82, 2.24) is 9.88 Å². The molecule has 2 heterocycles. The Hall–Kier alpha value is -3.10. The molecule has 1 N–H and O–H groups in total. The minimum atomic E-state index is -0.278. The molecule has 0 fully saturated rings. The van der Waals surface area contributed by atoms with Gasteiger partial charge in [-0.05, 0) is 73.9 Å². The van der Waals surface area contributed by atoms with Crippen LogP contribution in [0.2, 0.25) is 10.0 Å². The van der Waals surface area contributed by atoms with Crippen LogP contribution in [0, 0.1) is 13.8 Å². The monoisotopic (exact) mass is 621 g/mol. The Morgan fingerprint density at radius 3 is 2.41 bits per heavy atom. The van der Waals surface area contributed by atoms with Crippen molar-refractivity contribution in [2.75, 3.05) is 17.8 Å². The average Bonchev–Trinajstić information content (AvgIpc) is 3.31. The molecular weight excluding hydrogens is 593 g/mol. The molecule has 5 aromatic rings. The number of fused-ring (bicyclic) bond motifs is 1. The van der Waals surface area contributed by atoms with E-state index in [1.807, 2.05) is 86.2 Å². The molecule has 9 heteroatoms. The van der Waals surface area contributed by atoms with Crippen molar-refractivity contribution in [1.29, 1.82) is 0 Å². The van der Waals surface area contributed by atoms with E-state index in [0.29, 0.717) is 21.5 Å². The van der Waals surface area contributed by atoms with Crippen LogP contribution >= 0.6 is 46.7 Å². The summed E-state index contributed by atoms with van der Waals surface area (Å²) < 4.78 is 6.43. The third-order valence-corrected chi connectivity index (χ3v) is 8.78. The van der Waals surface area contributed by atoms with E-state index >= 15 is 0 Å². The highest BCUT2D eigenvalue weighted by molar-refractivity contribution is 7.99. The molecule has 0 aliphatic carbocycles. The SMILES string of the molecule is CSc1cc(C)nc(SC)c1NC(=O)N(Cc1ccccc1Cl)Cc1oc2ccc(C)cc2c1-c1ccc(Cl)cc1. The zero-order valence-electron chi connectivity index (χ0n) is 23.1. The number of thioether (sulfide) groups is 2. The highest BCUT2D eigenvalue weighted by Gasteiger charge is 2.24. The molecule has 0 aliphatic rings. The van der Waals surface area contributed by atoms with E-state index < -0.39 is 0 Å². The second kappa shape index (κ2) is 12.8. The minimum absolute atomic E-state index is 0.214. The van der Waals surface area contributed by atoms with Crippen molar-refractivity contribution < 1.29 is 9.21 Å². The lowest BCUT2D eigenvalue weighted by Gasteiger charge is -2.25. The van der Waals surface area contributed by atoms with Gasteiger partial charge in [-0.25, -0.2) is 9.78 Å². The summed E-state index contributed by atoms with van der Waals surface area (Å²) in [6.45, 7) is 4.50. The number of benzene rings is 3. The maximum Gasteiger partial charge on any atom is 0.322 e. The summed E-state index contributed by atoms with van der Waals surface area (Å²) in [6.07, 6.45) is 3.95. The van der Waals surface area contributed by atoms with Crippen LogP contribution in [0.1, 0.15) is 22.6 Å². The van der Waals surface area contributed by atoms with Gasteiger partial charge in [-0.15, -0.1) is 23.5 Å². The summed E-state index contributed by atoms with van der Waals surface area (Å²) in [4.78, 5) is 21.4. The number of hydrogen-bond donors (Lipinski definition) is 1. The van der Waals surface area contributed by atoms with E-state index in [1.165, 1.54) is 11.8 Å². The normalized spacial score (nSPS) is 11.2. The molecule has 2 aromatic heterocycles. The predicted molar refractivity (Wildman–Crippen MR) is 174 cm³/mol. The lowest BCUT2D eigenvalue weighted by Crippen LogP contribution is -2.34. The fourth-order valence-electron chi connectivity index (χ4n) is 4.74. The molecule has 0 saturated heterocycles. The number of nitrogens with zero attached hydrogens (tertiary/aromatic N) is 2. The molecule has 0 bridgehead atoms. The van der Waals surface area contributed by atoms with Crippen LogP contribution in [0.4, 0.5) is 10.5 Å². The first-order valence-electron chi connectivity index (χ1n) is 12.9. The summed E-state index contributed by atoms with van der Waals surface area (Å²) >= 11 is 15.9. The first kappa shape index (κ1) is 29.4. The molecule has 2 amide bonds. The van der Waals surface area contributed by atoms with E-state index in [2.05, 4.69) is 23.3 Å². The Kier molecular flexibility index (Phi) is 9.19. The van der Waals surface area contributed by atoms with Gasteiger partial charge in [0.15, 0.2) is 0 Å². The Morgan fingerprint density at radius 1 is 0.951 bits per heavy atom. The molecule has 0 unspecified atom stereocenters. The number of halogens is 2. The zero-order chi connectivity index (χ0) is 29.1. The maximum atomic E-state index is 14.1. The van der Waals surface area contributed by atoms with Gasteiger partial charge >= 0.3 is 6.03 Å². The quantitative estimate of drug-likeness (QED) is 0.175. The number of rotatable bonds is 8. The van der Waals surface area contributed by atoms with Crippen LogP contribution in [0.15, 0.2) is 87.1 Å². The first-order valence-corrected chi connectivity index (χ1v) is 16.1. The van der Waals surface area contributed by atoms with Crippen molar-refractivity contribution in [3.05, 3.63) is 105 Å². The summed E-state index contributed by atoms with van der Waals surface area (Å²) in [5.74, 6) is 0.673. The first-order chi connectivity index (χ1) is 19.8. The van der Waals surface area contributed by atoms with Gasteiger partial charge in [0.25, 0.3) is 0 Å². The van der Waals surface area contributed by atoms with Crippen LogP contribution in [-0.2, 0) is 13.1 Å². The van der Waals surface area contributed by atoms with Crippen LogP contribution < -0.4 is 5.32 Å². The Bertz CT molecular complexity index is 1700. The number of furan rings is 1. The van der Waals surface area contributed by atoms with Crippen LogP contribution in [0.5, 0.6) is 0 Å². The largest absolute Gasteiger partial charge is 0.459 e. The Balaban J connectivity index is 1.59. The van der Waals surface area contributed by atoms with E-state index in [9.17, 15) is 4.79 Å². The Morgan fingerprint density at radius 2 is 1.71 bits per heavy atom. The molecule has 0 saturated carbocycles. The fraction of sp³-hybridized carbons (Fsp3) is 0.188. The molecule has 0 aliphatic heterocycles. The van der Waals surface area contributed by atoms with Gasteiger partial charge in [0.05, 0.1) is 12.2 Å². The standard InChI is InChI=1S/C32H29Cl2N3O2S2/c1-19-9-14-26-24(15-19)29(21-10-12-23(33)13-11-21)27(39-26)18-37(17-22-7-5-6-8-25(22)34)32(38)36-30-28(40-3)16-20(2)35-31(30)41-4/h5-16H,17-18H2,1-4H3,(H,36,38). The van der Waals surface area contributed by atoms with Crippen molar-refractivity contribution >= 4 is 69.4 Å². The van der Waals surface area contributed by atoms with Gasteiger partial charge in [0, 0.05) is 38.1 Å². The predicted octanol–water partition coefficient (Wildman–Crippen LogP) is 10.1. The van der Waals surface area contributed by atoms with Gasteiger partial charge in [0.1, 0.15) is 16.4 Å². The van der Waals surface area contributed by atoms with Crippen LogP contribution in [0.3, 0.4) is 0 Å². The number of amides is 2. The minimum Gasteiger partial charge on any atom is -0.459 e. The van der Waals surface area contributed by atoms with Gasteiger partial charge < -0.3 is 14.6 Å². The smallest absolute Gasteiger partial charge is 0.322 e. The second-order valence-corrected chi connectivity index (χ2v) is 12.1. The molecule has 41 heavy (non-hydrogen) atoms. The molecular formula is C32H29Cl2N3O2S2.